The van der Waals surface area contributed by atoms with Crippen molar-refractivity contribution in [2.75, 3.05) is 18.0 Å². The zero-order valence-corrected chi connectivity index (χ0v) is 13.9. The Labute approximate surface area is 143 Å². The SMILES string of the molecule is O=C(NCc1ccsc1)C1CCN(c2ccc3nncn3n2)CC1. The molecule has 0 unspecified atom stereocenters. The zero-order chi connectivity index (χ0) is 16.4. The van der Waals surface area contributed by atoms with Gasteiger partial charge in [-0.1, -0.05) is 0 Å². The molecule has 24 heavy (non-hydrogen) atoms. The molecule has 0 bridgehead atoms. The Kier molecular flexibility index (Phi) is 4.12. The molecule has 0 radical (unpaired) electrons. The predicted octanol–water partition coefficient (Wildman–Crippen LogP) is 1.72. The third kappa shape index (κ3) is 3.09. The first-order valence-corrected chi connectivity index (χ1v) is 8.95. The average Bonchev–Trinajstić information content (AvgIpc) is 3.30. The lowest BCUT2D eigenvalue weighted by Crippen LogP contribution is -2.40. The van der Waals surface area contributed by atoms with Gasteiger partial charge in [-0.3, -0.25) is 4.79 Å². The Balaban J connectivity index is 1.33. The molecule has 1 aliphatic heterocycles. The van der Waals surface area contributed by atoms with Gasteiger partial charge in [-0.15, -0.1) is 15.3 Å². The number of fused-ring (bicyclic) bond motifs is 1. The Morgan fingerprint density at radius 3 is 2.96 bits per heavy atom. The standard InChI is InChI=1S/C16H18N6OS/c23-16(17-9-12-5-8-24-10-12)13-3-6-21(7-4-13)15-2-1-14-19-18-11-22(14)20-15/h1-2,5,8,10-11,13H,3-4,6-7,9H2,(H,17,23). The second-order valence-electron chi connectivity index (χ2n) is 5.94. The van der Waals surface area contributed by atoms with Crippen LogP contribution in [0.5, 0.6) is 0 Å². The van der Waals surface area contributed by atoms with Crippen molar-refractivity contribution in [3.8, 4) is 0 Å². The monoisotopic (exact) mass is 342 g/mol. The highest BCUT2D eigenvalue weighted by Crippen LogP contribution is 2.22. The average molecular weight is 342 g/mol. The topological polar surface area (TPSA) is 75.4 Å². The number of thiophene rings is 1. The van der Waals surface area contributed by atoms with Gasteiger partial charge in [0.1, 0.15) is 12.1 Å². The fraction of sp³-hybridized carbons (Fsp3) is 0.375. The molecule has 1 fully saturated rings. The van der Waals surface area contributed by atoms with E-state index in [0.717, 1.165) is 43.0 Å². The Bertz CT molecular complexity index is 822. The highest BCUT2D eigenvalue weighted by Gasteiger charge is 2.25. The fourth-order valence-corrected chi connectivity index (χ4v) is 3.65. The van der Waals surface area contributed by atoms with E-state index < -0.39 is 0 Å². The number of aromatic nitrogens is 4. The van der Waals surface area contributed by atoms with Crippen LogP contribution in [0.1, 0.15) is 18.4 Å². The first kappa shape index (κ1) is 15.1. The number of carbonyl (C=O) groups excluding carboxylic acids is 1. The molecule has 124 valence electrons. The van der Waals surface area contributed by atoms with Gasteiger partial charge in [-0.2, -0.15) is 15.9 Å². The van der Waals surface area contributed by atoms with Crippen LogP contribution in [0.3, 0.4) is 0 Å². The maximum absolute atomic E-state index is 12.3. The first-order valence-electron chi connectivity index (χ1n) is 8.00. The number of hydrogen-bond acceptors (Lipinski definition) is 6. The zero-order valence-electron chi connectivity index (χ0n) is 13.1. The summed E-state index contributed by atoms with van der Waals surface area (Å²) in [5.74, 6) is 1.14. The molecule has 1 amide bonds. The van der Waals surface area contributed by atoms with Crippen molar-refractivity contribution in [3.05, 3.63) is 40.8 Å². The number of nitrogens with zero attached hydrogens (tertiary/aromatic N) is 5. The third-order valence-electron chi connectivity index (χ3n) is 4.38. The molecule has 1 aliphatic rings. The van der Waals surface area contributed by atoms with E-state index >= 15 is 0 Å². The summed E-state index contributed by atoms with van der Waals surface area (Å²) in [5.41, 5.74) is 1.90. The van der Waals surface area contributed by atoms with Gasteiger partial charge in [0.05, 0.1) is 0 Å². The number of rotatable bonds is 4. The van der Waals surface area contributed by atoms with Gasteiger partial charge in [0.2, 0.25) is 5.91 Å². The summed E-state index contributed by atoms with van der Waals surface area (Å²) in [7, 11) is 0. The van der Waals surface area contributed by atoms with Crippen LogP contribution in [0.25, 0.3) is 5.65 Å². The molecule has 1 N–H and O–H groups in total. The van der Waals surface area contributed by atoms with Crippen LogP contribution in [-0.4, -0.2) is 38.8 Å². The van der Waals surface area contributed by atoms with E-state index in [-0.39, 0.29) is 11.8 Å². The molecule has 3 aromatic rings. The number of piperidine rings is 1. The lowest BCUT2D eigenvalue weighted by Gasteiger charge is -2.31. The minimum Gasteiger partial charge on any atom is -0.355 e. The summed E-state index contributed by atoms with van der Waals surface area (Å²) < 4.78 is 1.68. The van der Waals surface area contributed by atoms with Crippen molar-refractivity contribution >= 4 is 28.7 Å². The summed E-state index contributed by atoms with van der Waals surface area (Å²) in [4.78, 5) is 14.5. The van der Waals surface area contributed by atoms with E-state index in [1.807, 2.05) is 23.6 Å². The van der Waals surface area contributed by atoms with Crippen molar-refractivity contribution in [1.29, 1.82) is 0 Å². The van der Waals surface area contributed by atoms with Crippen LogP contribution in [-0.2, 0) is 11.3 Å². The summed E-state index contributed by atoms with van der Waals surface area (Å²) >= 11 is 1.65. The minimum atomic E-state index is 0.0820. The van der Waals surface area contributed by atoms with Crippen LogP contribution < -0.4 is 10.2 Å². The number of carbonyl (C=O) groups is 1. The van der Waals surface area contributed by atoms with Gasteiger partial charge in [-0.05, 0) is 47.4 Å². The fourth-order valence-electron chi connectivity index (χ4n) is 2.98. The van der Waals surface area contributed by atoms with Crippen molar-refractivity contribution in [3.63, 3.8) is 0 Å². The minimum absolute atomic E-state index is 0.0820. The molecule has 4 rings (SSSR count). The first-order chi connectivity index (χ1) is 11.8. The maximum Gasteiger partial charge on any atom is 0.223 e. The number of nitrogens with one attached hydrogen (secondary N) is 1. The van der Waals surface area contributed by atoms with Crippen LogP contribution >= 0.6 is 11.3 Å². The molecule has 4 heterocycles. The van der Waals surface area contributed by atoms with E-state index in [1.54, 1.807) is 22.2 Å². The van der Waals surface area contributed by atoms with Crippen LogP contribution in [0.2, 0.25) is 0 Å². The van der Waals surface area contributed by atoms with Gasteiger partial charge < -0.3 is 10.2 Å². The second kappa shape index (κ2) is 6.56. The van der Waals surface area contributed by atoms with Gasteiger partial charge in [0.15, 0.2) is 5.65 Å². The van der Waals surface area contributed by atoms with Crippen molar-refractivity contribution in [1.82, 2.24) is 25.1 Å². The lowest BCUT2D eigenvalue weighted by atomic mass is 9.96. The van der Waals surface area contributed by atoms with Gasteiger partial charge >= 0.3 is 0 Å². The Hall–Kier alpha value is -2.48. The molecule has 0 saturated carbocycles. The Morgan fingerprint density at radius 2 is 2.17 bits per heavy atom. The van der Waals surface area contributed by atoms with Gasteiger partial charge in [0, 0.05) is 25.6 Å². The third-order valence-corrected chi connectivity index (χ3v) is 5.12. The predicted molar refractivity (Wildman–Crippen MR) is 91.9 cm³/mol. The second-order valence-corrected chi connectivity index (χ2v) is 6.72. The largest absolute Gasteiger partial charge is 0.355 e. The molecule has 0 aliphatic carbocycles. The Morgan fingerprint density at radius 1 is 1.29 bits per heavy atom. The van der Waals surface area contributed by atoms with Crippen molar-refractivity contribution in [2.45, 2.75) is 19.4 Å². The van der Waals surface area contributed by atoms with Gasteiger partial charge in [-0.25, -0.2) is 0 Å². The van der Waals surface area contributed by atoms with E-state index in [9.17, 15) is 4.79 Å². The molecule has 7 nitrogen and oxygen atoms in total. The van der Waals surface area contributed by atoms with E-state index in [0.29, 0.717) is 6.54 Å². The number of hydrogen-bond donors (Lipinski definition) is 1. The van der Waals surface area contributed by atoms with E-state index in [2.05, 4.69) is 30.9 Å². The summed E-state index contributed by atoms with van der Waals surface area (Å²) in [5, 5.41) is 19.5. The molecular formula is C16H18N6OS. The van der Waals surface area contributed by atoms with Crippen molar-refractivity contribution in [2.24, 2.45) is 5.92 Å². The summed E-state index contributed by atoms with van der Waals surface area (Å²) in [6.07, 6.45) is 3.29. The highest BCUT2D eigenvalue weighted by atomic mass is 32.1. The molecule has 1 saturated heterocycles. The highest BCUT2D eigenvalue weighted by molar-refractivity contribution is 7.07. The smallest absolute Gasteiger partial charge is 0.223 e. The van der Waals surface area contributed by atoms with Gasteiger partial charge in [0.25, 0.3) is 0 Å². The van der Waals surface area contributed by atoms with Crippen molar-refractivity contribution < 1.29 is 4.79 Å². The summed E-state index contributed by atoms with van der Waals surface area (Å²) in [6.45, 7) is 2.28. The number of anilines is 1. The molecule has 8 heteroatoms. The van der Waals surface area contributed by atoms with Crippen LogP contribution in [0.4, 0.5) is 5.82 Å². The lowest BCUT2D eigenvalue weighted by molar-refractivity contribution is -0.125. The molecule has 0 aromatic carbocycles. The van der Waals surface area contributed by atoms with E-state index in [4.69, 9.17) is 0 Å². The maximum atomic E-state index is 12.3. The normalized spacial score (nSPS) is 15.8. The number of amides is 1. The quantitative estimate of drug-likeness (QED) is 0.781. The molecule has 0 spiro atoms. The molecular weight excluding hydrogens is 324 g/mol. The van der Waals surface area contributed by atoms with E-state index in [1.165, 1.54) is 0 Å². The summed E-state index contributed by atoms with van der Waals surface area (Å²) in [6, 6.07) is 5.91. The molecule has 0 atom stereocenters. The van der Waals surface area contributed by atoms with Crippen LogP contribution in [0.15, 0.2) is 35.3 Å². The molecule has 3 aromatic heterocycles. The van der Waals surface area contributed by atoms with Crippen LogP contribution in [0, 0.1) is 5.92 Å².